The highest BCUT2D eigenvalue weighted by Crippen LogP contribution is 2.31. The largest absolute Gasteiger partial charge is 0.394 e. The maximum Gasteiger partial charge on any atom is 0.251 e. The first kappa shape index (κ1) is 24.8. The number of aromatic amines is 1. The van der Waals surface area contributed by atoms with Gasteiger partial charge in [0.2, 0.25) is 0 Å². The third-order valence-corrected chi connectivity index (χ3v) is 6.63. The van der Waals surface area contributed by atoms with Gasteiger partial charge in [0.25, 0.3) is 5.56 Å². The maximum absolute atomic E-state index is 13.6. The van der Waals surface area contributed by atoms with Crippen molar-refractivity contribution in [2.45, 2.75) is 25.5 Å². The van der Waals surface area contributed by atoms with Gasteiger partial charge in [-0.05, 0) is 73.0 Å². The van der Waals surface area contributed by atoms with Crippen LogP contribution in [-0.2, 0) is 5.60 Å². The first-order chi connectivity index (χ1) is 17.7. The van der Waals surface area contributed by atoms with Crippen molar-refractivity contribution < 1.29 is 14.6 Å². The van der Waals surface area contributed by atoms with Gasteiger partial charge in [0.05, 0.1) is 28.9 Å². The van der Waals surface area contributed by atoms with Gasteiger partial charge < -0.3 is 14.8 Å². The number of H-pyrrole nitrogens is 1. The van der Waals surface area contributed by atoms with Crippen LogP contribution in [0.5, 0.6) is 0 Å². The fourth-order valence-corrected chi connectivity index (χ4v) is 4.50. The molecule has 37 heavy (non-hydrogen) atoms. The van der Waals surface area contributed by atoms with E-state index in [1.807, 2.05) is 24.3 Å². The molecule has 9 heteroatoms. The summed E-state index contributed by atoms with van der Waals surface area (Å²) in [5.41, 5.74) is 3.54. The van der Waals surface area contributed by atoms with E-state index >= 15 is 0 Å². The number of aliphatic hydroxyl groups excluding tert-OH is 1. The van der Waals surface area contributed by atoms with E-state index in [0.29, 0.717) is 22.5 Å². The van der Waals surface area contributed by atoms with Crippen molar-refractivity contribution in [1.82, 2.24) is 19.7 Å². The molecule has 3 heterocycles. The highest BCUT2D eigenvalue weighted by molar-refractivity contribution is 6.30. The summed E-state index contributed by atoms with van der Waals surface area (Å²) in [7, 11) is 0. The lowest BCUT2D eigenvalue weighted by atomic mass is 10.0. The van der Waals surface area contributed by atoms with Crippen LogP contribution in [0.25, 0.3) is 33.3 Å². The van der Waals surface area contributed by atoms with E-state index in [2.05, 4.69) is 15.2 Å². The Hall–Kier alpha value is -3.85. The molecule has 0 amide bonds. The van der Waals surface area contributed by atoms with Crippen molar-refractivity contribution in [3.63, 3.8) is 0 Å². The molecule has 1 atom stereocenters. The summed E-state index contributed by atoms with van der Waals surface area (Å²) in [6, 6.07) is 16.1. The number of rotatable bonds is 6. The van der Waals surface area contributed by atoms with E-state index in [0.717, 1.165) is 22.0 Å². The number of nitrogens with zero attached hydrogens (tertiary/aromatic N) is 3. The van der Waals surface area contributed by atoms with E-state index in [1.54, 1.807) is 38.4 Å². The molecule has 7 nitrogen and oxygen atoms in total. The fraction of sp³-hybridized carbons (Fsp3) is 0.179. The molecule has 0 bridgehead atoms. The number of nitrogens with one attached hydrogen (secondary N) is 1. The Kier molecular flexibility index (Phi) is 6.41. The zero-order valence-corrected chi connectivity index (χ0v) is 20.9. The van der Waals surface area contributed by atoms with Crippen LogP contribution in [0.1, 0.15) is 31.1 Å². The van der Waals surface area contributed by atoms with Crippen LogP contribution in [0, 0.1) is 5.82 Å². The van der Waals surface area contributed by atoms with E-state index in [9.17, 15) is 19.4 Å². The molecular weight excluding hydrogens is 495 g/mol. The predicted molar refractivity (Wildman–Crippen MR) is 141 cm³/mol. The van der Waals surface area contributed by atoms with Crippen LogP contribution in [0.3, 0.4) is 0 Å². The second-order valence-corrected chi connectivity index (χ2v) is 9.76. The topological polar surface area (TPSA) is 104 Å². The second-order valence-electron chi connectivity index (χ2n) is 9.36. The molecule has 188 valence electrons. The molecule has 0 fully saturated rings. The Morgan fingerprint density at radius 3 is 2.46 bits per heavy atom. The van der Waals surface area contributed by atoms with Crippen LogP contribution in [0.2, 0.25) is 5.02 Å². The monoisotopic (exact) mass is 518 g/mol. The van der Waals surface area contributed by atoms with Gasteiger partial charge in [0.1, 0.15) is 17.1 Å². The molecule has 0 radical (unpaired) electrons. The number of aromatic nitrogens is 4. The lowest BCUT2D eigenvalue weighted by Crippen LogP contribution is -2.26. The molecular formula is C28H24ClFN4O3. The average Bonchev–Trinajstić information content (AvgIpc) is 3.30. The number of hydrogen-bond donors (Lipinski definition) is 3. The van der Waals surface area contributed by atoms with Crippen molar-refractivity contribution >= 4 is 22.5 Å². The van der Waals surface area contributed by atoms with Crippen LogP contribution >= 0.6 is 11.6 Å². The molecule has 0 aliphatic heterocycles. The van der Waals surface area contributed by atoms with Crippen LogP contribution in [0.4, 0.5) is 4.39 Å². The minimum atomic E-state index is -1.04. The molecule has 0 saturated heterocycles. The van der Waals surface area contributed by atoms with E-state index < -0.39 is 17.5 Å². The van der Waals surface area contributed by atoms with Crippen molar-refractivity contribution in [3.8, 4) is 22.4 Å². The van der Waals surface area contributed by atoms with Gasteiger partial charge in [-0.2, -0.15) is 5.10 Å². The molecule has 0 aliphatic rings. The summed E-state index contributed by atoms with van der Waals surface area (Å²) in [6.45, 7) is 3.00. The molecule has 0 saturated carbocycles. The second kappa shape index (κ2) is 9.55. The molecule has 5 aromatic rings. The fourth-order valence-electron chi connectivity index (χ4n) is 4.31. The van der Waals surface area contributed by atoms with Gasteiger partial charge in [0.15, 0.2) is 0 Å². The summed E-state index contributed by atoms with van der Waals surface area (Å²) >= 11 is 5.90. The third kappa shape index (κ3) is 4.79. The summed E-state index contributed by atoms with van der Waals surface area (Å²) in [6.07, 6.45) is 3.28. The normalized spacial score (nSPS) is 12.7. The highest BCUT2D eigenvalue weighted by Gasteiger charge is 2.19. The summed E-state index contributed by atoms with van der Waals surface area (Å²) in [5, 5.41) is 28.4. The van der Waals surface area contributed by atoms with Crippen molar-refractivity contribution in [1.29, 1.82) is 0 Å². The molecule has 5 rings (SSSR count). The lowest BCUT2D eigenvalue weighted by Gasteiger charge is -2.19. The number of pyridine rings is 2. The lowest BCUT2D eigenvalue weighted by molar-refractivity contribution is 0.0739. The quantitative estimate of drug-likeness (QED) is 0.291. The summed E-state index contributed by atoms with van der Waals surface area (Å²) in [4.78, 5) is 17.4. The SMILES string of the molecule is CC(C)(O)c1ccc(-c2n[nH]c3ccc(-c4ccn(C(CO)c5ccc(F)c(Cl)c5)c(=O)c4)cc23)cn1. The summed E-state index contributed by atoms with van der Waals surface area (Å²) < 4.78 is 15.0. The minimum Gasteiger partial charge on any atom is -0.394 e. The maximum atomic E-state index is 13.6. The number of fused-ring (bicyclic) bond motifs is 1. The van der Waals surface area contributed by atoms with Crippen LogP contribution in [-0.4, -0.2) is 36.6 Å². The van der Waals surface area contributed by atoms with Gasteiger partial charge in [-0.3, -0.25) is 14.9 Å². The van der Waals surface area contributed by atoms with E-state index in [1.165, 1.54) is 28.8 Å². The first-order valence-electron chi connectivity index (χ1n) is 11.6. The Labute approximate surface area is 216 Å². The molecule has 3 aromatic heterocycles. The number of hydrogen-bond acceptors (Lipinski definition) is 5. The van der Waals surface area contributed by atoms with Gasteiger partial charge in [0, 0.05) is 29.4 Å². The smallest absolute Gasteiger partial charge is 0.251 e. The van der Waals surface area contributed by atoms with Crippen molar-refractivity contribution in [2.75, 3.05) is 6.61 Å². The molecule has 1 unspecified atom stereocenters. The number of benzene rings is 2. The number of halogens is 2. The standard InChI is InChI=1S/C28H24ClFN4O3/c1-28(2,37)25-8-5-19(14-31-25)27-20-11-16(4-7-23(20)32-33-27)17-9-10-34(26(36)13-17)24(15-35)18-3-6-22(30)21(29)12-18/h3-14,24,35,37H,15H2,1-2H3,(H,32,33). The number of aliphatic hydroxyl groups is 2. The van der Waals surface area contributed by atoms with Gasteiger partial charge in [-0.15, -0.1) is 0 Å². The van der Waals surface area contributed by atoms with E-state index in [4.69, 9.17) is 11.6 Å². The predicted octanol–water partition coefficient (Wildman–Crippen LogP) is 5.06. The Balaban J connectivity index is 1.50. The van der Waals surface area contributed by atoms with E-state index in [-0.39, 0.29) is 17.2 Å². The van der Waals surface area contributed by atoms with Crippen molar-refractivity contribution in [2.24, 2.45) is 0 Å². The summed E-state index contributed by atoms with van der Waals surface area (Å²) in [5.74, 6) is -0.567. The molecule has 2 aromatic carbocycles. The van der Waals surface area contributed by atoms with Crippen LogP contribution in [0.15, 0.2) is 77.9 Å². The third-order valence-electron chi connectivity index (χ3n) is 6.35. The Morgan fingerprint density at radius 1 is 1.05 bits per heavy atom. The molecule has 0 spiro atoms. The van der Waals surface area contributed by atoms with Gasteiger partial charge in [-0.25, -0.2) is 4.39 Å². The zero-order chi connectivity index (χ0) is 26.3. The zero-order valence-electron chi connectivity index (χ0n) is 20.1. The van der Waals surface area contributed by atoms with Gasteiger partial charge >= 0.3 is 0 Å². The van der Waals surface area contributed by atoms with Crippen LogP contribution < -0.4 is 5.56 Å². The molecule has 3 N–H and O–H groups in total. The highest BCUT2D eigenvalue weighted by atomic mass is 35.5. The average molecular weight is 519 g/mol. The first-order valence-corrected chi connectivity index (χ1v) is 12.0. The minimum absolute atomic E-state index is 0.0743. The Bertz CT molecular complexity index is 1660. The van der Waals surface area contributed by atoms with Gasteiger partial charge in [-0.1, -0.05) is 23.7 Å². The van der Waals surface area contributed by atoms with Crippen molar-refractivity contribution in [3.05, 3.63) is 106 Å². The molecule has 0 aliphatic carbocycles. The Morgan fingerprint density at radius 2 is 1.81 bits per heavy atom.